The number of nitrogens with zero attached hydrogens (tertiary/aromatic N) is 2. The standard InChI is InChI=1S/C17H23BrN2O3/c1-16(2,3)23-15(21)20-11-4-5-12(20)9-17(22,8-11)13-6-7-19-10-14(13)18/h6-7,10-12,22H,4-5,8-9H2,1-3H3. The van der Waals surface area contributed by atoms with Gasteiger partial charge in [-0.3, -0.25) is 4.98 Å². The lowest BCUT2D eigenvalue weighted by atomic mass is 9.81. The summed E-state index contributed by atoms with van der Waals surface area (Å²) < 4.78 is 6.35. The number of piperidine rings is 1. The highest BCUT2D eigenvalue weighted by atomic mass is 79.9. The first-order chi connectivity index (χ1) is 10.7. The predicted octanol–water partition coefficient (Wildman–Crippen LogP) is 3.59. The Hall–Kier alpha value is -1.14. The predicted molar refractivity (Wildman–Crippen MR) is 90.0 cm³/mol. The lowest BCUT2D eigenvalue weighted by molar-refractivity contribution is -0.0628. The molecule has 0 spiro atoms. The lowest BCUT2D eigenvalue weighted by Gasteiger charge is -2.44. The van der Waals surface area contributed by atoms with Gasteiger partial charge in [0.15, 0.2) is 0 Å². The number of fused-ring (bicyclic) bond motifs is 2. The number of pyridine rings is 1. The van der Waals surface area contributed by atoms with Crippen molar-refractivity contribution in [1.29, 1.82) is 0 Å². The van der Waals surface area contributed by atoms with E-state index in [2.05, 4.69) is 20.9 Å². The molecule has 2 bridgehead atoms. The highest BCUT2D eigenvalue weighted by Crippen LogP contribution is 2.47. The minimum Gasteiger partial charge on any atom is -0.444 e. The summed E-state index contributed by atoms with van der Waals surface area (Å²) in [6.45, 7) is 5.63. The van der Waals surface area contributed by atoms with E-state index in [1.54, 1.807) is 12.4 Å². The van der Waals surface area contributed by atoms with Crippen LogP contribution in [0.4, 0.5) is 4.79 Å². The molecule has 2 saturated heterocycles. The summed E-state index contributed by atoms with van der Waals surface area (Å²) in [6.07, 6.45) is 6.02. The zero-order chi connectivity index (χ0) is 16.8. The van der Waals surface area contributed by atoms with Crippen molar-refractivity contribution in [2.45, 2.75) is 69.7 Å². The molecule has 5 nitrogen and oxygen atoms in total. The lowest BCUT2D eigenvalue weighted by Crippen LogP contribution is -2.53. The Morgan fingerprint density at radius 1 is 1.39 bits per heavy atom. The number of rotatable bonds is 1. The number of ether oxygens (including phenoxy) is 1. The van der Waals surface area contributed by atoms with Gasteiger partial charge in [0.1, 0.15) is 5.60 Å². The molecule has 1 aromatic rings. The number of carbonyl (C=O) groups is 1. The van der Waals surface area contributed by atoms with E-state index in [9.17, 15) is 9.90 Å². The maximum absolute atomic E-state index is 12.5. The molecule has 2 fully saturated rings. The topological polar surface area (TPSA) is 62.7 Å². The number of halogens is 1. The van der Waals surface area contributed by atoms with Crippen molar-refractivity contribution in [2.24, 2.45) is 0 Å². The van der Waals surface area contributed by atoms with Gasteiger partial charge in [-0.15, -0.1) is 0 Å². The van der Waals surface area contributed by atoms with Crippen molar-refractivity contribution >= 4 is 22.0 Å². The Morgan fingerprint density at radius 2 is 2.00 bits per heavy atom. The fraction of sp³-hybridized carbons (Fsp3) is 0.647. The number of hydrogen-bond donors (Lipinski definition) is 1. The molecule has 23 heavy (non-hydrogen) atoms. The van der Waals surface area contributed by atoms with E-state index in [4.69, 9.17) is 4.74 Å². The molecule has 3 rings (SSSR count). The number of hydrogen-bond acceptors (Lipinski definition) is 4. The zero-order valence-corrected chi connectivity index (χ0v) is 15.3. The van der Waals surface area contributed by atoms with E-state index >= 15 is 0 Å². The summed E-state index contributed by atoms with van der Waals surface area (Å²) in [4.78, 5) is 18.4. The maximum atomic E-state index is 12.5. The van der Waals surface area contributed by atoms with Crippen LogP contribution in [0.1, 0.15) is 52.0 Å². The van der Waals surface area contributed by atoms with Crippen LogP contribution in [0.3, 0.4) is 0 Å². The van der Waals surface area contributed by atoms with Crippen molar-refractivity contribution in [1.82, 2.24) is 9.88 Å². The van der Waals surface area contributed by atoms with Gasteiger partial charge >= 0.3 is 6.09 Å². The van der Waals surface area contributed by atoms with Gasteiger partial charge in [0.25, 0.3) is 0 Å². The fourth-order valence-electron chi connectivity index (χ4n) is 3.81. The molecule has 6 heteroatoms. The average Bonchev–Trinajstić information content (AvgIpc) is 2.70. The molecule has 0 saturated carbocycles. The summed E-state index contributed by atoms with van der Waals surface area (Å²) in [7, 11) is 0. The first-order valence-electron chi connectivity index (χ1n) is 8.03. The number of amides is 1. The molecule has 0 aromatic carbocycles. The van der Waals surface area contributed by atoms with Crippen molar-refractivity contribution < 1.29 is 14.6 Å². The summed E-state index contributed by atoms with van der Waals surface area (Å²) in [5.74, 6) is 0. The van der Waals surface area contributed by atoms with Crippen LogP contribution < -0.4 is 0 Å². The van der Waals surface area contributed by atoms with Gasteiger partial charge in [-0.1, -0.05) is 0 Å². The molecule has 2 aliphatic heterocycles. The Bertz CT molecular complexity index is 600. The molecular weight excluding hydrogens is 360 g/mol. The molecule has 1 amide bonds. The number of aromatic nitrogens is 1. The summed E-state index contributed by atoms with van der Waals surface area (Å²) in [5.41, 5.74) is -0.571. The minimum absolute atomic E-state index is 0.0219. The maximum Gasteiger partial charge on any atom is 0.410 e. The van der Waals surface area contributed by atoms with Gasteiger partial charge in [-0.2, -0.15) is 0 Å². The van der Waals surface area contributed by atoms with Crippen molar-refractivity contribution in [2.75, 3.05) is 0 Å². The van der Waals surface area contributed by atoms with Gasteiger partial charge in [0.2, 0.25) is 0 Å². The van der Waals surface area contributed by atoms with Crippen molar-refractivity contribution in [3.63, 3.8) is 0 Å². The molecule has 2 atom stereocenters. The van der Waals surface area contributed by atoms with Crippen molar-refractivity contribution in [3.05, 3.63) is 28.5 Å². The highest BCUT2D eigenvalue weighted by Gasteiger charge is 2.51. The van der Waals surface area contributed by atoms with Gasteiger partial charge in [-0.25, -0.2) is 4.79 Å². The Labute approximate surface area is 145 Å². The van der Waals surface area contributed by atoms with E-state index in [1.807, 2.05) is 31.7 Å². The SMILES string of the molecule is CC(C)(C)OC(=O)N1C2CCC1CC(O)(c1ccncc1Br)C2. The molecule has 0 aliphatic carbocycles. The second-order valence-electron chi connectivity index (χ2n) is 7.57. The van der Waals surface area contributed by atoms with E-state index in [0.29, 0.717) is 12.8 Å². The summed E-state index contributed by atoms with van der Waals surface area (Å²) in [6, 6.07) is 1.90. The number of aliphatic hydroxyl groups is 1. The van der Waals surface area contributed by atoms with Crippen LogP contribution in [-0.2, 0) is 10.3 Å². The van der Waals surface area contributed by atoms with Gasteiger partial charge in [0, 0.05) is 47.4 Å². The Kier molecular flexibility index (Phi) is 4.17. The molecule has 2 unspecified atom stereocenters. The van der Waals surface area contributed by atoms with Gasteiger partial charge < -0.3 is 14.7 Å². The molecule has 1 aromatic heterocycles. The fourth-order valence-corrected chi connectivity index (χ4v) is 4.43. The quantitative estimate of drug-likeness (QED) is 0.805. The van der Waals surface area contributed by atoms with E-state index in [-0.39, 0.29) is 18.2 Å². The largest absolute Gasteiger partial charge is 0.444 e. The monoisotopic (exact) mass is 382 g/mol. The third-order valence-corrected chi connectivity index (χ3v) is 5.28. The van der Waals surface area contributed by atoms with E-state index < -0.39 is 11.2 Å². The van der Waals surface area contributed by atoms with Crippen LogP contribution in [0.2, 0.25) is 0 Å². The highest BCUT2D eigenvalue weighted by molar-refractivity contribution is 9.10. The molecule has 3 heterocycles. The summed E-state index contributed by atoms with van der Waals surface area (Å²) in [5, 5.41) is 11.2. The van der Waals surface area contributed by atoms with E-state index in [1.165, 1.54) is 0 Å². The van der Waals surface area contributed by atoms with Crippen LogP contribution in [-0.4, -0.2) is 38.8 Å². The Balaban J connectivity index is 1.82. The normalized spacial score (nSPS) is 30.4. The first kappa shape index (κ1) is 16.7. The van der Waals surface area contributed by atoms with E-state index in [0.717, 1.165) is 22.9 Å². The molecule has 1 N–H and O–H groups in total. The van der Waals surface area contributed by atoms with Gasteiger partial charge in [-0.05, 0) is 55.6 Å². The smallest absolute Gasteiger partial charge is 0.410 e. The molecule has 0 radical (unpaired) electrons. The van der Waals surface area contributed by atoms with Gasteiger partial charge in [0.05, 0.1) is 5.60 Å². The average molecular weight is 383 g/mol. The second-order valence-corrected chi connectivity index (χ2v) is 8.42. The molecular formula is C17H23BrN2O3. The third-order valence-electron chi connectivity index (χ3n) is 4.64. The van der Waals surface area contributed by atoms with Crippen LogP contribution in [0.25, 0.3) is 0 Å². The zero-order valence-electron chi connectivity index (χ0n) is 13.8. The van der Waals surface area contributed by atoms with Crippen LogP contribution in [0.15, 0.2) is 22.9 Å². The molecule has 2 aliphatic rings. The Morgan fingerprint density at radius 3 is 2.52 bits per heavy atom. The third kappa shape index (κ3) is 3.24. The summed E-state index contributed by atoms with van der Waals surface area (Å²) >= 11 is 3.48. The minimum atomic E-state index is -0.924. The number of carbonyl (C=O) groups excluding carboxylic acids is 1. The van der Waals surface area contributed by atoms with Crippen LogP contribution >= 0.6 is 15.9 Å². The van der Waals surface area contributed by atoms with Crippen molar-refractivity contribution in [3.8, 4) is 0 Å². The molecule has 126 valence electrons. The van der Waals surface area contributed by atoms with Crippen LogP contribution in [0.5, 0.6) is 0 Å². The van der Waals surface area contributed by atoms with Crippen LogP contribution in [0, 0.1) is 0 Å². The second kappa shape index (κ2) is 5.74. The first-order valence-corrected chi connectivity index (χ1v) is 8.83.